The number of carbonyl (C=O) groups excluding carboxylic acids is 2. The van der Waals surface area contributed by atoms with E-state index in [2.05, 4.69) is 27.9 Å². The highest BCUT2D eigenvalue weighted by Crippen LogP contribution is 2.17. The van der Waals surface area contributed by atoms with Gasteiger partial charge in [0.25, 0.3) is 11.8 Å². The summed E-state index contributed by atoms with van der Waals surface area (Å²) in [6.07, 6.45) is 0. The Kier molecular flexibility index (Phi) is 4.16. The lowest BCUT2D eigenvalue weighted by atomic mass is 10.1. The highest BCUT2D eigenvalue weighted by molar-refractivity contribution is 14.1. The van der Waals surface area contributed by atoms with Crippen LogP contribution < -0.4 is 11.1 Å². The molecule has 0 aliphatic heterocycles. The molecule has 0 radical (unpaired) electrons. The topological polar surface area (TPSA) is 72.2 Å². The molecule has 0 saturated heterocycles. The Hall–Kier alpha value is -1.89. The van der Waals surface area contributed by atoms with Crippen molar-refractivity contribution in [2.24, 2.45) is 5.73 Å². The van der Waals surface area contributed by atoms with E-state index in [4.69, 9.17) is 5.73 Å². The maximum absolute atomic E-state index is 12.1. The van der Waals surface area contributed by atoms with Gasteiger partial charge in [0.05, 0.1) is 16.8 Å². The highest BCUT2D eigenvalue weighted by atomic mass is 127. The first-order chi connectivity index (χ1) is 9.09. The summed E-state index contributed by atoms with van der Waals surface area (Å²) in [6.45, 7) is 0. The molecule has 0 aliphatic rings. The fraction of sp³-hybridized carbons (Fsp3) is 0. The number of anilines is 1. The Balaban J connectivity index is 2.30. The van der Waals surface area contributed by atoms with Crippen LogP contribution in [0.3, 0.4) is 0 Å². The smallest absolute Gasteiger partial charge is 0.256 e. The standard InChI is InChI=1S/C14H11IN2O2/c15-11-7-3-1-5-9(11)14(19)17-12-8-4-2-6-10(12)13(16)18/h1-8H,(H2,16,18)(H,17,19). The van der Waals surface area contributed by atoms with Gasteiger partial charge in [-0.15, -0.1) is 0 Å². The van der Waals surface area contributed by atoms with Crippen molar-refractivity contribution in [3.63, 3.8) is 0 Å². The molecule has 0 saturated carbocycles. The quantitative estimate of drug-likeness (QED) is 0.820. The maximum atomic E-state index is 12.1. The third kappa shape index (κ3) is 3.11. The zero-order valence-corrected chi connectivity index (χ0v) is 12.0. The number of benzene rings is 2. The summed E-state index contributed by atoms with van der Waals surface area (Å²) >= 11 is 2.09. The minimum Gasteiger partial charge on any atom is -0.366 e. The van der Waals surface area contributed by atoms with Gasteiger partial charge in [0.2, 0.25) is 0 Å². The van der Waals surface area contributed by atoms with Crippen LogP contribution in [0.5, 0.6) is 0 Å². The van der Waals surface area contributed by atoms with Crippen molar-refractivity contribution in [3.05, 3.63) is 63.2 Å². The Morgan fingerprint density at radius 2 is 1.53 bits per heavy atom. The van der Waals surface area contributed by atoms with E-state index in [0.717, 1.165) is 3.57 Å². The predicted octanol–water partition coefficient (Wildman–Crippen LogP) is 2.64. The summed E-state index contributed by atoms with van der Waals surface area (Å²) in [5.41, 5.74) is 6.53. The molecular weight excluding hydrogens is 355 g/mol. The number of primary amides is 1. The lowest BCUT2D eigenvalue weighted by molar-refractivity contribution is 0.100. The molecule has 0 bridgehead atoms. The molecule has 2 aromatic carbocycles. The van der Waals surface area contributed by atoms with E-state index in [0.29, 0.717) is 16.8 Å². The van der Waals surface area contributed by atoms with Crippen molar-refractivity contribution in [2.75, 3.05) is 5.32 Å². The molecule has 2 rings (SSSR count). The number of hydrogen-bond donors (Lipinski definition) is 2. The molecule has 0 fully saturated rings. The molecule has 2 aromatic rings. The van der Waals surface area contributed by atoms with Crippen LogP contribution in [0.25, 0.3) is 0 Å². The van der Waals surface area contributed by atoms with Gasteiger partial charge in [-0.3, -0.25) is 9.59 Å². The summed E-state index contributed by atoms with van der Waals surface area (Å²) in [7, 11) is 0. The predicted molar refractivity (Wildman–Crippen MR) is 82.1 cm³/mol. The second-order valence-electron chi connectivity index (χ2n) is 3.84. The summed E-state index contributed by atoms with van der Waals surface area (Å²) in [6, 6.07) is 13.9. The summed E-state index contributed by atoms with van der Waals surface area (Å²) in [5, 5.41) is 2.70. The Labute approximate surface area is 124 Å². The highest BCUT2D eigenvalue weighted by Gasteiger charge is 2.13. The maximum Gasteiger partial charge on any atom is 0.256 e. The largest absolute Gasteiger partial charge is 0.366 e. The second kappa shape index (κ2) is 5.83. The van der Waals surface area contributed by atoms with Crippen LogP contribution in [0.2, 0.25) is 0 Å². The van der Waals surface area contributed by atoms with Gasteiger partial charge in [0, 0.05) is 3.57 Å². The van der Waals surface area contributed by atoms with E-state index in [1.165, 1.54) is 0 Å². The first kappa shape index (κ1) is 13.5. The number of amides is 2. The van der Waals surface area contributed by atoms with Gasteiger partial charge in [-0.1, -0.05) is 24.3 Å². The second-order valence-corrected chi connectivity index (χ2v) is 5.01. The first-order valence-corrected chi connectivity index (χ1v) is 6.62. The molecule has 0 spiro atoms. The molecule has 0 atom stereocenters. The Morgan fingerprint density at radius 3 is 2.16 bits per heavy atom. The van der Waals surface area contributed by atoms with Crippen LogP contribution in [0, 0.1) is 3.57 Å². The van der Waals surface area contributed by atoms with Crippen LogP contribution in [-0.2, 0) is 0 Å². The van der Waals surface area contributed by atoms with Crippen LogP contribution in [0.15, 0.2) is 48.5 Å². The lowest BCUT2D eigenvalue weighted by Crippen LogP contribution is -2.18. The van der Waals surface area contributed by atoms with Crippen LogP contribution in [0.4, 0.5) is 5.69 Å². The molecule has 2 amide bonds. The van der Waals surface area contributed by atoms with Gasteiger partial charge in [0.15, 0.2) is 0 Å². The van der Waals surface area contributed by atoms with Crippen molar-refractivity contribution in [1.82, 2.24) is 0 Å². The molecular formula is C14H11IN2O2. The van der Waals surface area contributed by atoms with Gasteiger partial charge in [0.1, 0.15) is 0 Å². The minimum atomic E-state index is -0.571. The zero-order valence-electron chi connectivity index (χ0n) is 9.89. The number of halogens is 1. The van der Waals surface area contributed by atoms with E-state index < -0.39 is 5.91 Å². The van der Waals surface area contributed by atoms with Gasteiger partial charge in [-0.2, -0.15) is 0 Å². The molecule has 5 heteroatoms. The fourth-order valence-electron chi connectivity index (χ4n) is 1.64. The van der Waals surface area contributed by atoms with E-state index in [1.807, 2.05) is 12.1 Å². The van der Waals surface area contributed by atoms with E-state index >= 15 is 0 Å². The van der Waals surface area contributed by atoms with E-state index in [1.54, 1.807) is 36.4 Å². The zero-order chi connectivity index (χ0) is 13.8. The van der Waals surface area contributed by atoms with Gasteiger partial charge in [-0.05, 0) is 46.9 Å². The Morgan fingerprint density at radius 1 is 0.947 bits per heavy atom. The van der Waals surface area contributed by atoms with E-state index in [9.17, 15) is 9.59 Å². The van der Waals surface area contributed by atoms with Crippen molar-refractivity contribution in [1.29, 1.82) is 0 Å². The van der Waals surface area contributed by atoms with Crippen molar-refractivity contribution >= 4 is 40.1 Å². The van der Waals surface area contributed by atoms with Crippen molar-refractivity contribution in [3.8, 4) is 0 Å². The SMILES string of the molecule is NC(=O)c1ccccc1NC(=O)c1ccccc1I. The average Bonchev–Trinajstić information content (AvgIpc) is 2.39. The van der Waals surface area contributed by atoms with Gasteiger partial charge < -0.3 is 11.1 Å². The van der Waals surface area contributed by atoms with Gasteiger partial charge in [-0.25, -0.2) is 0 Å². The van der Waals surface area contributed by atoms with Crippen LogP contribution in [0.1, 0.15) is 20.7 Å². The molecule has 4 nitrogen and oxygen atoms in total. The third-order valence-electron chi connectivity index (χ3n) is 2.56. The molecule has 0 heterocycles. The van der Waals surface area contributed by atoms with Gasteiger partial charge >= 0.3 is 0 Å². The lowest BCUT2D eigenvalue weighted by Gasteiger charge is -2.09. The number of nitrogens with one attached hydrogen (secondary N) is 1. The summed E-state index contributed by atoms with van der Waals surface area (Å²) in [4.78, 5) is 23.4. The summed E-state index contributed by atoms with van der Waals surface area (Å²) < 4.78 is 0.842. The number of hydrogen-bond acceptors (Lipinski definition) is 2. The average molecular weight is 366 g/mol. The monoisotopic (exact) mass is 366 g/mol. The van der Waals surface area contributed by atoms with Crippen LogP contribution in [-0.4, -0.2) is 11.8 Å². The molecule has 3 N–H and O–H groups in total. The van der Waals surface area contributed by atoms with Crippen LogP contribution >= 0.6 is 22.6 Å². The minimum absolute atomic E-state index is 0.265. The Bertz CT molecular complexity index is 641. The molecule has 0 unspecified atom stereocenters. The molecule has 96 valence electrons. The third-order valence-corrected chi connectivity index (χ3v) is 3.50. The number of carbonyl (C=O) groups is 2. The summed E-state index contributed by atoms with van der Waals surface area (Å²) in [5.74, 6) is -0.836. The fourth-order valence-corrected chi connectivity index (χ4v) is 2.27. The van der Waals surface area contributed by atoms with Crippen molar-refractivity contribution < 1.29 is 9.59 Å². The number of nitrogens with two attached hydrogens (primary N) is 1. The number of rotatable bonds is 3. The normalized spacial score (nSPS) is 9.95. The first-order valence-electron chi connectivity index (χ1n) is 5.54. The molecule has 0 aliphatic carbocycles. The number of para-hydroxylation sites is 1. The van der Waals surface area contributed by atoms with Crippen molar-refractivity contribution in [2.45, 2.75) is 0 Å². The molecule has 19 heavy (non-hydrogen) atoms. The van der Waals surface area contributed by atoms with E-state index in [-0.39, 0.29) is 5.91 Å². The molecule has 0 aromatic heterocycles.